The molecule has 3 rings (SSSR count). The van der Waals surface area contributed by atoms with Crippen molar-refractivity contribution in [3.8, 4) is 0 Å². The number of aliphatic hydroxyl groups excluding tert-OH is 2. The number of nitrogens with two attached hydrogens (primary N) is 1. The zero-order valence-electron chi connectivity index (χ0n) is 35.1. The van der Waals surface area contributed by atoms with Crippen molar-refractivity contribution < 1.29 is 67.3 Å². The molecule has 0 aromatic rings. The van der Waals surface area contributed by atoms with Gasteiger partial charge in [0.1, 0.15) is 53.5 Å². The van der Waals surface area contributed by atoms with Crippen LogP contribution in [0.4, 0.5) is 18.8 Å². The van der Waals surface area contributed by atoms with Gasteiger partial charge in [0, 0.05) is 26.2 Å². The van der Waals surface area contributed by atoms with E-state index >= 15 is 0 Å². The molecule has 7 N–H and O–H groups in total. The number of alkyl carbamates (subject to hydrolysis) is 2. The van der Waals surface area contributed by atoms with Gasteiger partial charge in [-0.3, -0.25) is 0 Å². The summed E-state index contributed by atoms with van der Waals surface area (Å²) >= 11 is 0. The number of ether oxygens (including phenoxy) is 7. The molecule has 1 aliphatic carbocycles. The third-order valence-electron chi connectivity index (χ3n) is 9.32. The number of carbonyl (C=O) groups excluding carboxylic acids is 3. The predicted octanol–water partition coefficient (Wildman–Crippen LogP) is 1.75. The van der Waals surface area contributed by atoms with Gasteiger partial charge in [-0.15, -0.1) is 0 Å². The lowest BCUT2D eigenvalue weighted by atomic mass is 9.83. The van der Waals surface area contributed by atoms with Crippen LogP contribution in [0.5, 0.6) is 0 Å². The minimum atomic E-state index is -1.74. The van der Waals surface area contributed by atoms with Crippen LogP contribution in [0.15, 0.2) is 0 Å². The molecule has 18 nitrogen and oxygen atoms in total. The van der Waals surface area contributed by atoms with Crippen molar-refractivity contribution in [2.75, 3.05) is 40.5 Å². The lowest BCUT2D eigenvalue weighted by molar-refractivity contribution is -0.314. The van der Waals surface area contributed by atoms with E-state index in [1.165, 1.54) is 14.0 Å². The average Bonchev–Trinajstić information content (AvgIpc) is 3.00. The highest BCUT2D eigenvalue weighted by Gasteiger charge is 2.54. The second kappa shape index (κ2) is 19.0. The molecule has 12 atom stereocenters. The molecular formula is C37H68FN5O13. The topological polar surface area (TPSA) is 233 Å². The Bertz CT molecular complexity index is 1310. The number of carbonyl (C=O) groups is 3. The Morgan fingerprint density at radius 1 is 0.839 bits per heavy atom. The molecule has 56 heavy (non-hydrogen) atoms. The second-order valence-electron chi connectivity index (χ2n) is 18.3. The summed E-state index contributed by atoms with van der Waals surface area (Å²) in [4.78, 5) is 41.9. The molecule has 2 aliphatic heterocycles. The van der Waals surface area contributed by atoms with Crippen molar-refractivity contribution in [3.05, 3.63) is 0 Å². The number of halogens is 1. The number of alkyl halides is 1. The zero-order chi connectivity index (χ0) is 42.6. The lowest BCUT2D eigenvalue weighted by Gasteiger charge is -2.50. The SMILES string of the molecule is CN(CCF)C[C@@H]1CCC(NC(=O)OC(C)(C)C)[C@@H](OC2C(O)C(O[C@H]3OCC(C)(O)[C@H](N(C)C(=O)OC(C)(C)C)C3O)[C@H](N)C[C@@H]2NC(=O)OC(C)(C)C)O1. The third-order valence-corrected chi connectivity index (χ3v) is 9.32. The fourth-order valence-corrected chi connectivity index (χ4v) is 6.97. The molecule has 1 saturated carbocycles. The average molecular weight is 810 g/mol. The van der Waals surface area contributed by atoms with Crippen molar-refractivity contribution in [2.24, 2.45) is 5.73 Å². The van der Waals surface area contributed by atoms with E-state index in [4.69, 9.17) is 38.9 Å². The molecule has 6 unspecified atom stereocenters. The number of likely N-dealkylation sites (N-methyl/N-ethyl adjacent to an activating group) is 2. The van der Waals surface area contributed by atoms with E-state index in [1.54, 1.807) is 74.3 Å². The quantitative estimate of drug-likeness (QED) is 0.163. The van der Waals surface area contributed by atoms with E-state index in [0.717, 1.165) is 4.90 Å². The summed E-state index contributed by atoms with van der Waals surface area (Å²) in [5.41, 5.74) is 2.32. The van der Waals surface area contributed by atoms with Gasteiger partial charge in [-0.05, 0) is 95.5 Å². The van der Waals surface area contributed by atoms with Crippen LogP contribution in [0, 0.1) is 0 Å². The molecule has 0 aromatic heterocycles. The number of nitrogens with one attached hydrogen (secondary N) is 2. The normalized spacial score (nSPS) is 34.4. The summed E-state index contributed by atoms with van der Waals surface area (Å²) in [5.74, 6) is 0. The Kier molecular flexibility index (Phi) is 16.2. The first-order valence-corrected chi connectivity index (χ1v) is 19.2. The molecular weight excluding hydrogens is 741 g/mol. The van der Waals surface area contributed by atoms with Gasteiger partial charge >= 0.3 is 18.3 Å². The van der Waals surface area contributed by atoms with E-state index in [9.17, 15) is 34.1 Å². The van der Waals surface area contributed by atoms with Gasteiger partial charge in [0.05, 0.1) is 30.8 Å². The van der Waals surface area contributed by atoms with Crippen molar-refractivity contribution in [3.63, 3.8) is 0 Å². The standard InChI is InChI=1S/C37H68FN5O13/c1-34(2,3)54-31(46)40-22-14-13-20(18-42(11)16-15-38)51-29(22)53-27-23(41-32(47)55-35(4,5)6)17-21(39)26(24(27)44)52-30-25(45)28(37(10,49)19-50-30)43(12)33(48)56-36(7,8)9/h20-30,44-45,49H,13-19,39H2,1-12H3,(H,40,46)(H,41,47)/t20-,21+,22?,23-,24?,25?,26?,27?,28+,29+,30+,37?/m0/s1. The van der Waals surface area contributed by atoms with Gasteiger partial charge in [0.15, 0.2) is 12.6 Å². The largest absolute Gasteiger partial charge is 0.444 e. The maximum atomic E-state index is 13.1. The summed E-state index contributed by atoms with van der Waals surface area (Å²) in [6.45, 7) is 16.2. The predicted molar refractivity (Wildman–Crippen MR) is 200 cm³/mol. The molecule has 19 heteroatoms. The van der Waals surface area contributed by atoms with Crippen molar-refractivity contribution in [1.29, 1.82) is 0 Å². The van der Waals surface area contributed by atoms with Gasteiger partial charge in [-0.2, -0.15) is 0 Å². The smallest absolute Gasteiger partial charge is 0.410 e. The molecule has 3 aliphatic rings. The summed E-state index contributed by atoms with van der Waals surface area (Å²) in [6.07, 6.45) is -10.6. The first kappa shape index (κ1) is 47.8. The van der Waals surface area contributed by atoms with Crippen LogP contribution in [0.1, 0.15) is 88.5 Å². The van der Waals surface area contributed by atoms with Gasteiger partial charge in [0.25, 0.3) is 0 Å². The molecule has 3 amide bonds. The molecule has 0 radical (unpaired) electrons. The monoisotopic (exact) mass is 809 g/mol. The van der Waals surface area contributed by atoms with Crippen LogP contribution in [0.3, 0.4) is 0 Å². The number of hydrogen-bond donors (Lipinski definition) is 6. The first-order chi connectivity index (χ1) is 25.6. The van der Waals surface area contributed by atoms with Crippen LogP contribution >= 0.6 is 0 Å². The highest BCUT2D eigenvalue weighted by Crippen LogP contribution is 2.34. The van der Waals surface area contributed by atoms with Gasteiger partial charge in [0.2, 0.25) is 0 Å². The highest BCUT2D eigenvalue weighted by atomic mass is 19.1. The van der Waals surface area contributed by atoms with Crippen molar-refractivity contribution >= 4 is 18.3 Å². The number of hydrogen-bond acceptors (Lipinski definition) is 15. The van der Waals surface area contributed by atoms with E-state index in [-0.39, 0.29) is 19.6 Å². The van der Waals surface area contributed by atoms with Crippen molar-refractivity contribution in [2.45, 2.75) is 178 Å². The second-order valence-corrected chi connectivity index (χ2v) is 18.3. The minimum absolute atomic E-state index is 0.0348. The Morgan fingerprint density at radius 3 is 1.91 bits per heavy atom. The number of aliphatic hydroxyl groups is 3. The molecule has 0 bridgehead atoms. The van der Waals surface area contributed by atoms with Crippen LogP contribution in [-0.2, 0) is 33.2 Å². The van der Waals surface area contributed by atoms with Crippen LogP contribution in [0.25, 0.3) is 0 Å². The summed E-state index contributed by atoms with van der Waals surface area (Å²) in [6, 6.07) is -4.04. The van der Waals surface area contributed by atoms with Crippen LogP contribution in [0.2, 0.25) is 0 Å². The van der Waals surface area contributed by atoms with Crippen LogP contribution < -0.4 is 16.4 Å². The van der Waals surface area contributed by atoms with Crippen molar-refractivity contribution in [1.82, 2.24) is 20.4 Å². The van der Waals surface area contributed by atoms with E-state index in [0.29, 0.717) is 19.4 Å². The first-order valence-electron chi connectivity index (χ1n) is 19.2. The maximum absolute atomic E-state index is 13.1. The zero-order valence-corrected chi connectivity index (χ0v) is 35.1. The minimum Gasteiger partial charge on any atom is -0.444 e. The van der Waals surface area contributed by atoms with Crippen LogP contribution in [-0.4, -0.2) is 174 Å². The Morgan fingerprint density at radius 2 is 1.38 bits per heavy atom. The molecule has 326 valence electrons. The fourth-order valence-electron chi connectivity index (χ4n) is 6.97. The van der Waals surface area contributed by atoms with Gasteiger partial charge < -0.3 is 74.6 Å². The van der Waals surface area contributed by atoms with Gasteiger partial charge in [-0.1, -0.05) is 0 Å². The Labute approximate surface area is 330 Å². The van der Waals surface area contributed by atoms with Gasteiger partial charge in [-0.25, -0.2) is 18.8 Å². The highest BCUT2D eigenvalue weighted by molar-refractivity contribution is 5.69. The molecule has 3 fully saturated rings. The maximum Gasteiger partial charge on any atom is 0.410 e. The number of nitrogens with zero attached hydrogens (tertiary/aromatic N) is 2. The van der Waals surface area contributed by atoms with E-state index in [2.05, 4.69) is 10.6 Å². The van der Waals surface area contributed by atoms with E-state index in [1.807, 2.05) is 0 Å². The summed E-state index contributed by atoms with van der Waals surface area (Å²) in [7, 11) is 3.11. The number of amides is 3. The van der Waals surface area contributed by atoms with E-state index < -0.39 is 115 Å². The third kappa shape index (κ3) is 14.0. The summed E-state index contributed by atoms with van der Waals surface area (Å²) < 4.78 is 54.4. The molecule has 2 saturated heterocycles. The molecule has 0 aromatic carbocycles. The fraction of sp³-hybridized carbons (Fsp3) is 0.919. The Hall–Kier alpha value is -2.62. The Balaban J connectivity index is 1.95. The number of rotatable bonds is 11. The molecule has 2 heterocycles. The molecule has 0 spiro atoms. The summed E-state index contributed by atoms with van der Waals surface area (Å²) in [5, 5.41) is 40.4. The lowest BCUT2D eigenvalue weighted by Crippen LogP contribution is -2.70.